The predicted octanol–water partition coefficient (Wildman–Crippen LogP) is 3.93. The molecule has 1 aromatic heterocycles. The van der Waals surface area contributed by atoms with Gasteiger partial charge in [-0.2, -0.15) is 0 Å². The lowest BCUT2D eigenvalue weighted by molar-refractivity contribution is -0.137. The van der Waals surface area contributed by atoms with Crippen LogP contribution in [-0.2, 0) is 16.1 Å². The Morgan fingerprint density at radius 3 is 2.57 bits per heavy atom. The van der Waals surface area contributed by atoms with Gasteiger partial charge in [-0.15, -0.1) is 17.0 Å². The van der Waals surface area contributed by atoms with Crippen molar-refractivity contribution in [3.8, 4) is 0 Å². The average Bonchev–Trinajstić information content (AvgIpc) is 2.91. The van der Waals surface area contributed by atoms with Gasteiger partial charge < -0.3 is 9.30 Å². The van der Waals surface area contributed by atoms with Crippen LogP contribution < -0.4 is 0 Å². The molecule has 0 saturated heterocycles. The summed E-state index contributed by atoms with van der Waals surface area (Å²) in [6.07, 6.45) is 0. The van der Waals surface area contributed by atoms with Crippen molar-refractivity contribution in [2.75, 3.05) is 12.9 Å². The lowest BCUT2D eigenvalue weighted by atomic mass is 10.2. The number of rotatable bonds is 5. The summed E-state index contributed by atoms with van der Waals surface area (Å²) in [6.45, 7) is 0.727. The molecule has 0 unspecified atom stereocenters. The molecule has 0 saturated carbocycles. The second kappa shape index (κ2) is 8.17. The number of esters is 1. The molecule has 0 bridgehead atoms. The summed E-state index contributed by atoms with van der Waals surface area (Å²) in [5, 5.41) is 0.829. The molecule has 0 atom stereocenters. The summed E-state index contributed by atoms with van der Waals surface area (Å²) in [7, 11) is 1.40. The largest absolute Gasteiger partial charge is 0.468 e. The smallest absolute Gasteiger partial charge is 0.316 e. The number of thioether (sulfide) groups is 1. The number of benzene rings is 2. The zero-order chi connectivity index (χ0) is 15.4. The number of aromatic nitrogens is 2. The van der Waals surface area contributed by atoms with E-state index < -0.39 is 0 Å². The number of hydrogen-bond acceptors (Lipinski definition) is 4. The molecule has 3 aromatic rings. The lowest BCUT2D eigenvalue weighted by Crippen LogP contribution is -2.06. The van der Waals surface area contributed by atoms with Crippen molar-refractivity contribution in [2.45, 2.75) is 11.7 Å². The number of methoxy groups -OCH3 is 1. The van der Waals surface area contributed by atoms with Crippen molar-refractivity contribution in [3.05, 3.63) is 60.2 Å². The minimum absolute atomic E-state index is 0. The van der Waals surface area contributed by atoms with Crippen LogP contribution in [0.3, 0.4) is 0 Å². The van der Waals surface area contributed by atoms with E-state index in [4.69, 9.17) is 4.74 Å². The highest BCUT2D eigenvalue weighted by Gasteiger charge is 2.13. The fraction of sp³-hybridized carbons (Fsp3) is 0.176. The molecule has 0 spiro atoms. The SMILES string of the molecule is Br.COC(=O)CSc1nc2ccccc2n1Cc1ccccc1. The molecular weight excluding hydrogens is 376 g/mol. The summed E-state index contributed by atoms with van der Waals surface area (Å²) >= 11 is 1.40. The van der Waals surface area contributed by atoms with E-state index in [0.717, 1.165) is 22.7 Å². The number of fused-ring (bicyclic) bond motifs is 1. The van der Waals surface area contributed by atoms with E-state index in [0.29, 0.717) is 0 Å². The van der Waals surface area contributed by atoms with Gasteiger partial charge in [0.1, 0.15) is 0 Å². The molecule has 2 aromatic carbocycles. The van der Waals surface area contributed by atoms with Crippen LogP contribution in [0.15, 0.2) is 59.8 Å². The van der Waals surface area contributed by atoms with E-state index in [-0.39, 0.29) is 28.7 Å². The van der Waals surface area contributed by atoms with E-state index in [1.54, 1.807) is 0 Å². The highest BCUT2D eigenvalue weighted by atomic mass is 79.9. The zero-order valence-corrected chi connectivity index (χ0v) is 15.2. The third-order valence-corrected chi connectivity index (χ3v) is 4.30. The Balaban J connectivity index is 0.00000192. The quantitative estimate of drug-likeness (QED) is 0.487. The maximum absolute atomic E-state index is 11.4. The summed E-state index contributed by atoms with van der Waals surface area (Å²) in [4.78, 5) is 16.0. The molecular formula is C17H17BrN2O2S. The lowest BCUT2D eigenvalue weighted by Gasteiger charge is -2.08. The summed E-state index contributed by atoms with van der Waals surface area (Å²) in [5.41, 5.74) is 3.20. The summed E-state index contributed by atoms with van der Waals surface area (Å²) in [6, 6.07) is 18.2. The van der Waals surface area contributed by atoms with E-state index in [2.05, 4.69) is 21.7 Å². The van der Waals surface area contributed by atoms with Gasteiger partial charge >= 0.3 is 5.97 Å². The third kappa shape index (κ3) is 4.14. The zero-order valence-electron chi connectivity index (χ0n) is 12.6. The number of nitrogens with zero attached hydrogens (tertiary/aromatic N) is 2. The highest BCUT2D eigenvalue weighted by Crippen LogP contribution is 2.25. The van der Waals surface area contributed by atoms with Crippen molar-refractivity contribution < 1.29 is 9.53 Å². The molecule has 3 rings (SSSR count). The monoisotopic (exact) mass is 392 g/mol. The van der Waals surface area contributed by atoms with Crippen molar-refractivity contribution in [2.24, 2.45) is 0 Å². The van der Waals surface area contributed by atoms with Crippen molar-refractivity contribution in [1.82, 2.24) is 9.55 Å². The number of carbonyl (C=O) groups excluding carboxylic acids is 1. The van der Waals surface area contributed by atoms with Crippen LogP contribution in [0.4, 0.5) is 0 Å². The number of para-hydroxylation sites is 2. The number of halogens is 1. The van der Waals surface area contributed by atoms with E-state index in [1.807, 2.05) is 42.5 Å². The Morgan fingerprint density at radius 2 is 1.83 bits per heavy atom. The average molecular weight is 393 g/mol. The van der Waals surface area contributed by atoms with E-state index in [1.165, 1.54) is 24.4 Å². The molecule has 6 heteroatoms. The van der Waals surface area contributed by atoms with Gasteiger partial charge in [-0.25, -0.2) is 4.98 Å². The highest BCUT2D eigenvalue weighted by molar-refractivity contribution is 8.93. The summed E-state index contributed by atoms with van der Waals surface area (Å²) < 4.78 is 6.84. The molecule has 0 aliphatic rings. The van der Waals surface area contributed by atoms with Crippen LogP contribution in [-0.4, -0.2) is 28.4 Å². The van der Waals surface area contributed by atoms with Crippen LogP contribution >= 0.6 is 28.7 Å². The first-order valence-electron chi connectivity index (χ1n) is 6.97. The third-order valence-electron chi connectivity index (χ3n) is 3.35. The second-order valence-corrected chi connectivity index (χ2v) is 5.76. The van der Waals surface area contributed by atoms with E-state index in [9.17, 15) is 4.79 Å². The molecule has 23 heavy (non-hydrogen) atoms. The Kier molecular flexibility index (Phi) is 6.24. The molecule has 0 fully saturated rings. The first kappa shape index (κ1) is 17.6. The molecule has 0 aliphatic carbocycles. The van der Waals surface area contributed by atoms with Crippen LogP contribution in [0, 0.1) is 0 Å². The van der Waals surface area contributed by atoms with Gasteiger partial charge in [0.15, 0.2) is 5.16 Å². The molecule has 0 amide bonds. The Labute approximate surface area is 149 Å². The molecule has 4 nitrogen and oxygen atoms in total. The topological polar surface area (TPSA) is 44.1 Å². The van der Waals surface area contributed by atoms with Gasteiger partial charge in [-0.1, -0.05) is 54.2 Å². The molecule has 120 valence electrons. The van der Waals surface area contributed by atoms with Crippen LogP contribution in [0.25, 0.3) is 11.0 Å². The number of hydrogen-bond donors (Lipinski definition) is 0. The maximum atomic E-state index is 11.4. The fourth-order valence-electron chi connectivity index (χ4n) is 2.26. The van der Waals surface area contributed by atoms with Gasteiger partial charge in [0.25, 0.3) is 0 Å². The second-order valence-electron chi connectivity index (χ2n) is 4.82. The Bertz CT molecular complexity index is 790. The first-order valence-corrected chi connectivity index (χ1v) is 7.95. The van der Waals surface area contributed by atoms with Crippen molar-refractivity contribution in [1.29, 1.82) is 0 Å². The van der Waals surface area contributed by atoms with E-state index >= 15 is 0 Å². The standard InChI is InChI=1S/C17H16N2O2S.BrH/c1-21-16(20)12-22-17-18-14-9-5-6-10-15(14)19(17)11-13-7-3-2-4-8-13;/h2-10H,11-12H2,1H3;1H. The Morgan fingerprint density at radius 1 is 1.13 bits per heavy atom. The Hall–Kier alpha value is -1.79. The van der Waals surface area contributed by atoms with Gasteiger partial charge in [-0.05, 0) is 17.7 Å². The van der Waals surface area contributed by atoms with Gasteiger partial charge in [-0.3, -0.25) is 4.79 Å². The molecule has 0 aliphatic heterocycles. The van der Waals surface area contributed by atoms with Gasteiger partial charge in [0.2, 0.25) is 0 Å². The van der Waals surface area contributed by atoms with Crippen LogP contribution in [0.2, 0.25) is 0 Å². The predicted molar refractivity (Wildman–Crippen MR) is 98.3 cm³/mol. The maximum Gasteiger partial charge on any atom is 0.316 e. The molecule has 0 N–H and O–H groups in total. The van der Waals surface area contributed by atoms with Gasteiger partial charge in [0, 0.05) is 0 Å². The minimum Gasteiger partial charge on any atom is -0.468 e. The minimum atomic E-state index is -0.247. The van der Waals surface area contributed by atoms with Crippen molar-refractivity contribution in [3.63, 3.8) is 0 Å². The fourth-order valence-corrected chi connectivity index (χ4v) is 3.11. The van der Waals surface area contributed by atoms with Gasteiger partial charge in [0.05, 0.1) is 30.4 Å². The number of carbonyl (C=O) groups is 1. The molecule has 0 radical (unpaired) electrons. The first-order chi connectivity index (χ1) is 10.8. The van der Waals surface area contributed by atoms with Crippen LogP contribution in [0.1, 0.15) is 5.56 Å². The van der Waals surface area contributed by atoms with Crippen LogP contribution in [0.5, 0.6) is 0 Å². The summed E-state index contributed by atoms with van der Waals surface area (Å²) in [5.74, 6) is 0.0116. The number of imidazole rings is 1. The normalized spacial score (nSPS) is 10.3. The molecule has 1 heterocycles. The number of ether oxygens (including phenoxy) is 1. The van der Waals surface area contributed by atoms with Crippen molar-refractivity contribution >= 4 is 45.7 Å².